The zero-order chi connectivity index (χ0) is 11.5. The van der Waals surface area contributed by atoms with Crippen LogP contribution in [0.2, 0.25) is 0 Å². The highest BCUT2D eigenvalue weighted by atomic mass is 15.3. The Morgan fingerprint density at radius 2 is 1.62 bits per heavy atom. The first kappa shape index (κ1) is 11.1. The minimum atomic E-state index is 1.09. The number of nitrogens with zero attached hydrogens (tertiary/aromatic N) is 2. The molecule has 0 atom stereocenters. The largest absolute Gasteiger partial charge is 0.372 e. The maximum Gasteiger partial charge on any atom is 0.0367 e. The van der Waals surface area contributed by atoms with E-state index in [-0.39, 0.29) is 0 Å². The zero-order valence-corrected chi connectivity index (χ0v) is 10.2. The van der Waals surface area contributed by atoms with E-state index in [1.165, 1.54) is 16.9 Å². The van der Waals surface area contributed by atoms with Crippen LogP contribution in [0.4, 0.5) is 5.69 Å². The Morgan fingerprint density at radius 1 is 1.06 bits per heavy atom. The summed E-state index contributed by atoms with van der Waals surface area (Å²) in [6, 6.07) is 8.79. The van der Waals surface area contributed by atoms with Crippen molar-refractivity contribution in [2.45, 2.75) is 13.8 Å². The van der Waals surface area contributed by atoms with Crippen LogP contribution in [-0.2, 0) is 0 Å². The van der Waals surface area contributed by atoms with Gasteiger partial charge in [0.25, 0.3) is 0 Å². The van der Waals surface area contributed by atoms with Crippen LogP contribution < -0.4 is 4.90 Å². The van der Waals surface area contributed by atoms with Crippen molar-refractivity contribution in [3.63, 3.8) is 0 Å². The molecule has 0 unspecified atom stereocenters. The van der Waals surface area contributed by atoms with Crippen LogP contribution in [0.25, 0.3) is 0 Å². The quantitative estimate of drug-likeness (QED) is 0.750. The van der Waals surface area contributed by atoms with Crippen molar-refractivity contribution in [2.75, 3.05) is 31.1 Å². The van der Waals surface area contributed by atoms with Gasteiger partial charge in [0.1, 0.15) is 0 Å². The molecule has 1 aliphatic heterocycles. The molecule has 1 aliphatic rings. The maximum atomic E-state index is 4.00. The second kappa shape index (κ2) is 4.60. The molecule has 1 fully saturated rings. The van der Waals surface area contributed by atoms with Gasteiger partial charge >= 0.3 is 0 Å². The number of allylic oxidation sites excluding steroid dienone is 1. The highest BCUT2D eigenvalue weighted by Crippen LogP contribution is 2.18. The minimum Gasteiger partial charge on any atom is -0.372 e. The monoisotopic (exact) mass is 216 g/mol. The molecule has 0 N–H and O–H groups in total. The van der Waals surface area contributed by atoms with Crippen LogP contribution in [0.3, 0.4) is 0 Å². The Kier molecular flexibility index (Phi) is 3.18. The highest BCUT2D eigenvalue weighted by Gasteiger charge is 2.16. The predicted molar refractivity (Wildman–Crippen MR) is 69.8 cm³/mol. The van der Waals surface area contributed by atoms with Crippen molar-refractivity contribution in [1.29, 1.82) is 0 Å². The SMILES string of the molecule is C=C(C)N1CCN(c2ccc(C)cc2)CC1. The van der Waals surface area contributed by atoms with Crippen LogP contribution in [0.15, 0.2) is 36.5 Å². The van der Waals surface area contributed by atoms with Gasteiger partial charge < -0.3 is 9.80 Å². The van der Waals surface area contributed by atoms with E-state index < -0.39 is 0 Å². The van der Waals surface area contributed by atoms with Gasteiger partial charge in [0.2, 0.25) is 0 Å². The van der Waals surface area contributed by atoms with Gasteiger partial charge in [-0.25, -0.2) is 0 Å². The van der Waals surface area contributed by atoms with Gasteiger partial charge in [0.05, 0.1) is 0 Å². The fraction of sp³-hybridized carbons (Fsp3) is 0.429. The number of piperazine rings is 1. The van der Waals surface area contributed by atoms with Crippen LogP contribution in [0.1, 0.15) is 12.5 Å². The summed E-state index contributed by atoms with van der Waals surface area (Å²) in [6.07, 6.45) is 0. The van der Waals surface area contributed by atoms with Crippen molar-refractivity contribution in [3.05, 3.63) is 42.1 Å². The summed E-state index contributed by atoms with van der Waals surface area (Å²) in [6.45, 7) is 12.6. The number of benzene rings is 1. The summed E-state index contributed by atoms with van der Waals surface area (Å²) < 4.78 is 0. The van der Waals surface area contributed by atoms with Gasteiger partial charge in [0.15, 0.2) is 0 Å². The van der Waals surface area contributed by atoms with Gasteiger partial charge in [-0.05, 0) is 26.0 Å². The van der Waals surface area contributed by atoms with Crippen LogP contribution in [-0.4, -0.2) is 31.1 Å². The van der Waals surface area contributed by atoms with E-state index in [1.54, 1.807) is 0 Å². The number of hydrogen-bond donors (Lipinski definition) is 0. The third-order valence-corrected chi connectivity index (χ3v) is 3.22. The minimum absolute atomic E-state index is 1.09. The zero-order valence-electron chi connectivity index (χ0n) is 10.2. The average molecular weight is 216 g/mol. The molecule has 1 saturated heterocycles. The van der Waals surface area contributed by atoms with E-state index >= 15 is 0 Å². The van der Waals surface area contributed by atoms with Crippen molar-refractivity contribution in [2.24, 2.45) is 0 Å². The summed E-state index contributed by atoms with van der Waals surface area (Å²) >= 11 is 0. The first-order valence-corrected chi connectivity index (χ1v) is 5.89. The molecule has 1 aromatic rings. The van der Waals surface area contributed by atoms with Gasteiger partial charge in [-0.3, -0.25) is 0 Å². The lowest BCUT2D eigenvalue weighted by atomic mass is 10.2. The lowest BCUT2D eigenvalue weighted by Crippen LogP contribution is -2.45. The second-order valence-corrected chi connectivity index (χ2v) is 4.54. The molecule has 16 heavy (non-hydrogen) atoms. The normalized spacial score (nSPS) is 16.4. The third-order valence-electron chi connectivity index (χ3n) is 3.22. The first-order chi connectivity index (χ1) is 7.66. The maximum absolute atomic E-state index is 4.00. The Balaban J connectivity index is 1.99. The third kappa shape index (κ3) is 2.38. The molecule has 0 radical (unpaired) electrons. The van der Waals surface area contributed by atoms with E-state index in [4.69, 9.17) is 0 Å². The highest BCUT2D eigenvalue weighted by molar-refractivity contribution is 5.47. The molecule has 2 nitrogen and oxygen atoms in total. The second-order valence-electron chi connectivity index (χ2n) is 4.54. The Labute approximate surface area is 98.2 Å². The van der Waals surface area contributed by atoms with E-state index in [1.807, 2.05) is 0 Å². The van der Waals surface area contributed by atoms with Gasteiger partial charge in [-0.15, -0.1) is 0 Å². The molecule has 0 saturated carbocycles. The summed E-state index contributed by atoms with van der Waals surface area (Å²) in [5.74, 6) is 0. The Morgan fingerprint density at radius 3 is 2.12 bits per heavy atom. The molecule has 0 bridgehead atoms. The standard InChI is InChI=1S/C14H20N2/c1-12(2)15-8-10-16(11-9-15)14-6-4-13(3)5-7-14/h4-7H,1,8-11H2,2-3H3. The van der Waals surface area contributed by atoms with Crippen LogP contribution in [0.5, 0.6) is 0 Å². The molecule has 0 amide bonds. The van der Waals surface area contributed by atoms with Crippen molar-refractivity contribution in [3.8, 4) is 0 Å². The van der Waals surface area contributed by atoms with E-state index in [0.717, 1.165) is 26.2 Å². The fourth-order valence-electron chi connectivity index (χ4n) is 2.10. The summed E-state index contributed by atoms with van der Waals surface area (Å²) in [5.41, 5.74) is 3.85. The molecule has 0 spiro atoms. The molecule has 0 aliphatic carbocycles. The number of aryl methyl sites for hydroxylation is 1. The van der Waals surface area contributed by atoms with E-state index in [9.17, 15) is 0 Å². The Hall–Kier alpha value is -1.44. The van der Waals surface area contributed by atoms with Gasteiger partial charge in [0, 0.05) is 37.6 Å². The number of hydrogen-bond acceptors (Lipinski definition) is 2. The average Bonchev–Trinajstić information content (AvgIpc) is 2.30. The molecule has 86 valence electrons. The van der Waals surface area contributed by atoms with Crippen LogP contribution in [0, 0.1) is 6.92 Å². The molecule has 0 aromatic heterocycles. The molecular weight excluding hydrogens is 196 g/mol. The molecule has 1 heterocycles. The topological polar surface area (TPSA) is 6.48 Å². The Bertz CT molecular complexity index is 359. The molecule has 2 rings (SSSR count). The van der Waals surface area contributed by atoms with Crippen molar-refractivity contribution in [1.82, 2.24) is 4.90 Å². The lowest BCUT2D eigenvalue weighted by molar-refractivity contribution is 0.323. The van der Waals surface area contributed by atoms with Crippen molar-refractivity contribution < 1.29 is 0 Å². The summed E-state index contributed by atoms with van der Waals surface area (Å²) in [5, 5.41) is 0. The summed E-state index contributed by atoms with van der Waals surface area (Å²) in [7, 11) is 0. The first-order valence-electron chi connectivity index (χ1n) is 5.89. The van der Waals surface area contributed by atoms with Crippen molar-refractivity contribution >= 4 is 5.69 Å². The lowest BCUT2D eigenvalue weighted by Gasteiger charge is -2.37. The van der Waals surface area contributed by atoms with E-state index in [0.29, 0.717) is 0 Å². The summed E-state index contributed by atoms with van der Waals surface area (Å²) in [4.78, 5) is 4.80. The molecule has 1 aromatic carbocycles. The van der Waals surface area contributed by atoms with E-state index in [2.05, 4.69) is 54.5 Å². The van der Waals surface area contributed by atoms with Crippen LogP contribution >= 0.6 is 0 Å². The smallest absolute Gasteiger partial charge is 0.0367 e. The number of rotatable bonds is 2. The van der Waals surface area contributed by atoms with Gasteiger partial charge in [-0.2, -0.15) is 0 Å². The number of anilines is 1. The van der Waals surface area contributed by atoms with Gasteiger partial charge in [-0.1, -0.05) is 24.3 Å². The predicted octanol–water partition coefficient (Wildman–Crippen LogP) is 2.65. The molecular formula is C14H20N2. The fourth-order valence-corrected chi connectivity index (χ4v) is 2.10. The molecule has 2 heteroatoms.